The highest BCUT2D eigenvalue weighted by Gasteiger charge is 2.16. The van der Waals surface area contributed by atoms with Crippen LogP contribution in [0.1, 0.15) is 142 Å². The summed E-state index contributed by atoms with van der Waals surface area (Å²) in [7, 11) is 0. The fraction of sp³-hybridized carbons (Fsp3) is 0.885. The zero-order valence-electron chi connectivity index (χ0n) is 19.2. The lowest BCUT2D eigenvalue weighted by atomic mass is 9.94. The SMILES string of the molecule is CCCC/C=C\CCCCCCC(CCCCCCCCCCCC)C(=O)O. The minimum absolute atomic E-state index is 0.108. The van der Waals surface area contributed by atoms with Crippen molar-refractivity contribution in [3.05, 3.63) is 12.2 Å². The van der Waals surface area contributed by atoms with Crippen molar-refractivity contribution in [1.82, 2.24) is 0 Å². The molecule has 28 heavy (non-hydrogen) atoms. The normalized spacial score (nSPS) is 12.6. The van der Waals surface area contributed by atoms with Crippen molar-refractivity contribution in [2.75, 3.05) is 0 Å². The van der Waals surface area contributed by atoms with Crippen LogP contribution in [0.25, 0.3) is 0 Å². The molecule has 0 rings (SSSR count). The van der Waals surface area contributed by atoms with E-state index in [1.807, 2.05) is 0 Å². The summed E-state index contributed by atoms with van der Waals surface area (Å²) in [5, 5.41) is 9.45. The Balaban J connectivity index is 3.51. The molecule has 0 aliphatic carbocycles. The molecule has 0 bridgehead atoms. The van der Waals surface area contributed by atoms with Crippen LogP contribution >= 0.6 is 0 Å². The molecule has 0 radical (unpaired) electrons. The first-order valence-corrected chi connectivity index (χ1v) is 12.6. The molecule has 1 atom stereocenters. The number of carboxylic acid groups (broad SMARTS) is 1. The molecule has 2 nitrogen and oxygen atoms in total. The van der Waals surface area contributed by atoms with E-state index in [1.54, 1.807) is 0 Å². The second-order valence-electron chi connectivity index (χ2n) is 8.61. The highest BCUT2D eigenvalue weighted by atomic mass is 16.4. The fourth-order valence-corrected chi connectivity index (χ4v) is 3.83. The predicted octanol–water partition coefficient (Wildman–Crippen LogP) is 9.09. The quantitative estimate of drug-likeness (QED) is 0.147. The second kappa shape index (κ2) is 22.5. The molecule has 0 aromatic carbocycles. The van der Waals surface area contributed by atoms with E-state index < -0.39 is 5.97 Å². The first-order chi connectivity index (χ1) is 13.7. The molecule has 0 amide bonds. The average molecular weight is 395 g/mol. The van der Waals surface area contributed by atoms with Crippen LogP contribution in [0.5, 0.6) is 0 Å². The van der Waals surface area contributed by atoms with Gasteiger partial charge in [0.25, 0.3) is 0 Å². The summed E-state index contributed by atoms with van der Waals surface area (Å²) in [6.45, 7) is 4.49. The number of carboxylic acids is 1. The van der Waals surface area contributed by atoms with E-state index in [9.17, 15) is 9.90 Å². The minimum atomic E-state index is -0.574. The summed E-state index contributed by atoms with van der Waals surface area (Å²) >= 11 is 0. The summed E-state index contributed by atoms with van der Waals surface area (Å²) in [5.74, 6) is -0.683. The average Bonchev–Trinajstić information content (AvgIpc) is 2.68. The zero-order valence-corrected chi connectivity index (χ0v) is 19.2. The van der Waals surface area contributed by atoms with E-state index in [-0.39, 0.29) is 5.92 Å². The van der Waals surface area contributed by atoms with Gasteiger partial charge < -0.3 is 5.11 Å². The Bertz CT molecular complexity index is 348. The van der Waals surface area contributed by atoms with Crippen molar-refractivity contribution in [3.8, 4) is 0 Å². The van der Waals surface area contributed by atoms with Crippen LogP contribution in [0.3, 0.4) is 0 Å². The lowest BCUT2D eigenvalue weighted by Gasteiger charge is -2.12. The van der Waals surface area contributed by atoms with E-state index >= 15 is 0 Å². The Morgan fingerprint density at radius 2 is 1.00 bits per heavy atom. The highest BCUT2D eigenvalue weighted by Crippen LogP contribution is 2.19. The number of carbonyl (C=O) groups is 1. The molecule has 0 heterocycles. The third-order valence-electron chi connectivity index (χ3n) is 5.82. The molecule has 1 unspecified atom stereocenters. The van der Waals surface area contributed by atoms with Gasteiger partial charge in [-0.2, -0.15) is 0 Å². The predicted molar refractivity (Wildman–Crippen MR) is 124 cm³/mol. The van der Waals surface area contributed by atoms with Gasteiger partial charge in [-0.3, -0.25) is 4.79 Å². The van der Waals surface area contributed by atoms with E-state index in [4.69, 9.17) is 0 Å². The van der Waals surface area contributed by atoms with Crippen LogP contribution in [-0.2, 0) is 4.79 Å². The Labute approximate surface area is 176 Å². The van der Waals surface area contributed by atoms with Gasteiger partial charge in [-0.15, -0.1) is 0 Å². The van der Waals surface area contributed by atoms with Gasteiger partial charge in [-0.05, 0) is 32.1 Å². The topological polar surface area (TPSA) is 37.3 Å². The summed E-state index contributed by atoms with van der Waals surface area (Å²) in [6, 6.07) is 0. The van der Waals surface area contributed by atoms with Gasteiger partial charge in [0, 0.05) is 0 Å². The van der Waals surface area contributed by atoms with Crippen molar-refractivity contribution >= 4 is 5.97 Å². The van der Waals surface area contributed by atoms with Gasteiger partial charge in [-0.25, -0.2) is 0 Å². The monoisotopic (exact) mass is 394 g/mol. The molecule has 0 aliphatic rings. The molecule has 0 saturated carbocycles. The van der Waals surface area contributed by atoms with E-state index in [0.717, 1.165) is 25.7 Å². The molecule has 166 valence electrons. The van der Waals surface area contributed by atoms with Crippen LogP contribution in [0.2, 0.25) is 0 Å². The summed E-state index contributed by atoms with van der Waals surface area (Å²) in [6.07, 6.45) is 29.3. The Morgan fingerprint density at radius 1 is 0.607 bits per heavy atom. The third kappa shape index (κ3) is 20.0. The lowest BCUT2D eigenvalue weighted by Crippen LogP contribution is -2.13. The number of hydrogen-bond acceptors (Lipinski definition) is 1. The number of allylic oxidation sites excluding steroid dienone is 2. The Morgan fingerprint density at radius 3 is 1.46 bits per heavy atom. The van der Waals surface area contributed by atoms with Crippen molar-refractivity contribution in [3.63, 3.8) is 0 Å². The maximum atomic E-state index is 11.5. The van der Waals surface area contributed by atoms with Crippen LogP contribution in [0.4, 0.5) is 0 Å². The standard InChI is InChI=1S/C26H50O2/c1-3-5-7-9-11-13-15-17-19-21-23-25(26(27)28)24-22-20-18-16-14-12-10-8-6-4-2/h9,11,25H,3-8,10,12-24H2,1-2H3,(H,27,28)/b11-9-. The molecule has 0 aromatic rings. The molecule has 1 N–H and O–H groups in total. The van der Waals surface area contributed by atoms with Gasteiger partial charge in [-0.1, -0.05) is 122 Å². The Hall–Kier alpha value is -0.790. The van der Waals surface area contributed by atoms with Gasteiger partial charge in [0.15, 0.2) is 0 Å². The number of rotatable bonds is 22. The number of unbranched alkanes of at least 4 members (excludes halogenated alkanes) is 15. The molecule has 0 spiro atoms. The van der Waals surface area contributed by atoms with Crippen molar-refractivity contribution in [2.45, 2.75) is 142 Å². The maximum Gasteiger partial charge on any atom is 0.306 e. The number of hydrogen-bond donors (Lipinski definition) is 1. The van der Waals surface area contributed by atoms with E-state index in [1.165, 1.54) is 103 Å². The van der Waals surface area contributed by atoms with Gasteiger partial charge in [0.1, 0.15) is 0 Å². The van der Waals surface area contributed by atoms with Crippen molar-refractivity contribution in [2.24, 2.45) is 5.92 Å². The third-order valence-corrected chi connectivity index (χ3v) is 5.82. The molecular formula is C26H50O2. The zero-order chi connectivity index (χ0) is 20.7. The molecule has 2 heteroatoms. The number of aliphatic carboxylic acids is 1. The summed E-state index contributed by atoms with van der Waals surface area (Å²) < 4.78 is 0. The first-order valence-electron chi connectivity index (χ1n) is 12.6. The van der Waals surface area contributed by atoms with Crippen LogP contribution in [0, 0.1) is 5.92 Å². The molecular weight excluding hydrogens is 344 g/mol. The summed E-state index contributed by atoms with van der Waals surface area (Å²) in [5.41, 5.74) is 0. The Kier molecular flexibility index (Phi) is 21.9. The molecule has 0 aliphatic heterocycles. The molecule has 0 aromatic heterocycles. The smallest absolute Gasteiger partial charge is 0.306 e. The lowest BCUT2D eigenvalue weighted by molar-refractivity contribution is -0.142. The summed E-state index contributed by atoms with van der Waals surface area (Å²) in [4.78, 5) is 11.5. The fourth-order valence-electron chi connectivity index (χ4n) is 3.83. The molecule has 0 fully saturated rings. The van der Waals surface area contributed by atoms with Crippen molar-refractivity contribution < 1.29 is 9.90 Å². The highest BCUT2D eigenvalue weighted by molar-refractivity contribution is 5.69. The van der Waals surface area contributed by atoms with E-state index in [0.29, 0.717) is 0 Å². The molecule has 0 saturated heterocycles. The van der Waals surface area contributed by atoms with Crippen LogP contribution < -0.4 is 0 Å². The van der Waals surface area contributed by atoms with Gasteiger partial charge in [0.2, 0.25) is 0 Å². The first kappa shape index (κ1) is 27.2. The van der Waals surface area contributed by atoms with Gasteiger partial charge >= 0.3 is 5.97 Å². The second-order valence-corrected chi connectivity index (χ2v) is 8.61. The maximum absolute atomic E-state index is 11.5. The minimum Gasteiger partial charge on any atom is -0.481 e. The van der Waals surface area contributed by atoms with Crippen LogP contribution in [-0.4, -0.2) is 11.1 Å². The largest absolute Gasteiger partial charge is 0.481 e. The van der Waals surface area contributed by atoms with E-state index in [2.05, 4.69) is 26.0 Å². The van der Waals surface area contributed by atoms with Gasteiger partial charge in [0.05, 0.1) is 5.92 Å². The van der Waals surface area contributed by atoms with Crippen LogP contribution in [0.15, 0.2) is 12.2 Å². The van der Waals surface area contributed by atoms with Crippen molar-refractivity contribution in [1.29, 1.82) is 0 Å².